The fourth-order valence-electron chi connectivity index (χ4n) is 1.93. The highest BCUT2D eigenvalue weighted by Crippen LogP contribution is 2.19. The van der Waals surface area contributed by atoms with Gasteiger partial charge in [0.15, 0.2) is 5.78 Å². The highest BCUT2D eigenvalue weighted by atomic mass is 16.1. The average molecular weight is 204 g/mol. The third kappa shape index (κ3) is 2.55. The first kappa shape index (κ1) is 10.1. The van der Waals surface area contributed by atoms with E-state index < -0.39 is 0 Å². The second-order valence-corrected chi connectivity index (χ2v) is 4.06. The third-order valence-corrected chi connectivity index (χ3v) is 2.76. The lowest BCUT2D eigenvalue weighted by molar-refractivity contribution is -0.115. The lowest BCUT2D eigenvalue weighted by atomic mass is 9.94. The average Bonchev–Trinajstić information content (AvgIpc) is 2.65. The summed E-state index contributed by atoms with van der Waals surface area (Å²) >= 11 is 0. The number of rotatable bonds is 3. The molecule has 0 atom stereocenters. The van der Waals surface area contributed by atoms with Gasteiger partial charge in [0.2, 0.25) is 0 Å². The molecule has 0 unspecified atom stereocenters. The number of aromatic nitrogens is 2. The Morgan fingerprint density at radius 3 is 3.00 bits per heavy atom. The van der Waals surface area contributed by atoms with E-state index in [2.05, 4.69) is 11.2 Å². The van der Waals surface area contributed by atoms with Crippen LogP contribution in [0.5, 0.6) is 0 Å². The molecule has 80 valence electrons. The molecule has 0 saturated carbocycles. The van der Waals surface area contributed by atoms with Crippen molar-refractivity contribution in [3.8, 4) is 0 Å². The minimum atomic E-state index is 0.244. The van der Waals surface area contributed by atoms with E-state index in [4.69, 9.17) is 0 Å². The van der Waals surface area contributed by atoms with Gasteiger partial charge in [-0.05, 0) is 37.3 Å². The first-order chi connectivity index (χ1) is 7.25. The number of carbonyl (C=O) groups is 1. The predicted octanol–water partition coefficient (Wildman–Crippen LogP) is 2.03. The van der Waals surface area contributed by atoms with Crippen molar-refractivity contribution in [1.29, 1.82) is 0 Å². The van der Waals surface area contributed by atoms with Crippen LogP contribution < -0.4 is 0 Å². The van der Waals surface area contributed by atoms with Gasteiger partial charge in [-0.3, -0.25) is 9.48 Å². The maximum atomic E-state index is 11.9. The van der Waals surface area contributed by atoms with E-state index in [0.29, 0.717) is 6.42 Å². The Kier molecular flexibility index (Phi) is 2.99. The largest absolute Gasteiger partial charge is 0.294 e. The van der Waals surface area contributed by atoms with Crippen LogP contribution in [0.1, 0.15) is 31.4 Å². The van der Waals surface area contributed by atoms with E-state index in [1.165, 1.54) is 6.42 Å². The van der Waals surface area contributed by atoms with E-state index in [9.17, 15) is 4.79 Å². The van der Waals surface area contributed by atoms with Gasteiger partial charge in [0.25, 0.3) is 0 Å². The molecule has 1 aliphatic rings. The molecule has 2 rings (SSSR count). The molecule has 0 spiro atoms. The monoisotopic (exact) mass is 204 g/mol. The van der Waals surface area contributed by atoms with Crippen LogP contribution in [0.25, 0.3) is 0 Å². The van der Waals surface area contributed by atoms with Crippen LogP contribution in [-0.2, 0) is 18.3 Å². The Bertz CT molecular complexity index is 390. The molecule has 0 bridgehead atoms. The Morgan fingerprint density at radius 1 is 1.53 bits per heavy atom. The van der Waals surface area contributed by atoms with E-state index >= 15 is 0 Å². The second-order valence-electron chi connectivity index (χ2n) is 4.06. The van der Waals surface area contributed by atoms with E-state index in [1.54, 1.807) is 4.68 Å². The Balaban J connectivity index is 2.00. The molecule has 0 aliphatic heterocycles. The highest BCUT2D eigenvalue weighted by Gasteiger charge is 2.13. The fourth-order valence-corrected chi connectivity index (χ4v) is 1.93. The fraction of sp³-hybridized carbons (Fsp3) is 0.500. The standard InChI is InChI=1S/C12H16N2O/c1-14-8-7-11(13-14)9-12(15)10-5-3-2-4-6-10/h5,7-8H,2-4,6,9H2,1H3. The molecule has 1 aromatic rings. The third-order valence-electron chi connectivity index (χ3n) is 2.76. The summed E-state index contributed by atoms with van der Waals surface area (Å²) in [7, 11) is 1.87. The van der Waals surface area contributed by atoms with Crippen LogP contribution in [0, 0.1) is 0 Å². The number of nitrogens with zero attached hydrogens (tertiary/aromatic N) is 2. The molecule has 1 aromatic heterocycles. The zero-order chi connectivity index (χ0) is 10.7. The number of allylic oxidation sites excluding steroid dienone is 2. The summed E-state index contributed by atoms with van der Waals surface area (Å²) in [5.74, 6) is 0.244. The van der Waals surface area contributed by atoms with Crippen molar-refractivity contribution in [3.05, 3.63) is 29.6 Å². The SMILES string of the molecule is Cn1ccc(CC(=O)C2=CCCCC2)n1. The van der Waals surface area contributed by atoms with Crippen molar-refractivity contribution in [2.24, 2.45) is 7.05 Å². The van der Waals surface area contributed by atoms with Gasteiger partial charge in [-0.2, -0.15) is 5.10 Å². The van der Waals surface area contributed by atoms with Crippen LogP contribution in [-0.4, -0.2) is 15.6 Å². The van der Waals surface area contributed by atoms with Gasteiger partial charge in [-0.1, -0.05) is 6.08 Å². The molecule has 1 aliphatic carbocycles. The summed E-state index contributed by atoms with van der Waals surface area (Å²) in [5, 5.41) is 4.21. The van der Waals surface area contributed by atoms with Crippen LogP contribution in [0.3, 0.4) is 0 Å². The van der Waals surface area contributed by atoms with Crippen molar-refractivity contribution in [3.63, 3.8) is 0 Å². The van der Waals surface area contributed by atoms with Crippen LogP contribution in [0.2, 0.25) is 0 Å². The van der Waals surface area contributed by atoms with Gasteiger partial charge in [-0.25, -0.2) is 0 Å². The van der Waals surface area contributed by atoms with Gasteiger partial charge in [0, 0.05) is 13.2 Å². The Labute approximate surface area is 89.8 Å². The van der Waals surface area contributed by atoms with E-state index in [0.717, 1.165) is 30.5 Å². The maximum Gasteiger partial charge on any atom is 0.164 e. The van der Waals surface area contributed by atoms with Crippen molar-refractivity contribution >= 4 is 5.78 Å². The van der Waals surface area contributed by atoms with Crippen molar-refractivity contribution in [2.45, 2.75) is 32.1 Å². The van der Waals surface area contributed by atoms with Crippen LogP contribution in [0.15, 0.2) is 23.9 Å². The molecular weight excluding hydrogens is 188 g/mol. The summed E-state index contributed by atoms with van der Waals surface area (Å²) in [6, 6.07) is 1.90. The number of hydrogen-bond acceptors (Lipinski definition) is 2. The second kappa shape index (κ2) is 4.43. The molecule has 0 aromatic carbocycles. The normalized spacial score (nSPS) is 16.2. The van der Waals surface area contributed by atoms with Gasteiger partial charge < -0.3 is 0 Å². The van der Waals surface area contributed by atoms with Gasteiger partial charge in [0.05, 0.1) is 12.1 Å². The summed E-state index contributed by atoms with van der Waals surface area (Å²) in [6.07, 6.45) is 8.80. The zero-order valence-electron chi connectivity index (χ0n) is 9.07. The minimum absolute atomic E-state index is 0.244. The van der Waals surface area contributed by atoms with Gasteiger partial charge in [-0.15, -0.1) is 0 Å². The quantitative estimate of drug-likeness (QED) is 0.755. The zero-order valence-corrected chi connectivity index (χ0v) is 9.07. The molecule has 1 heterocycles. The topological polar surface area (TPSA) is 34.9 Å². The summed E-state index contributed by atoms with van der Waals surface area (Å²) in [4.78, 5) is 11.9. The molecular formula is C12H16N2O. The van der Waals surface area contributed by atoms with Crippen LogP contribution >= 0.6 is 0 Å². The molecule has 0 radical (unpaired) electrons. The van der Waals surface area contributed by atoms with Crippen molar-refractivity contribution in [2.75, 3.05) is 0 Å². The number of aryl methyl sites for hydroxylation is 1. The molecule has 15 heavy (non-hydrogen) atoms. The van der Waals surface area contributed by atoms with Gasteiger partial charge >= 0.3 is 0 Å². The van der Waals surface area contributed by atoms with E-state index in [1.807, 2.05) is 19.3 Å². The summed E-state index contributed by atoms with van der Waals surface area (Å²) < 4.78 is 1.73. The first-order valence-electron chi connectivity index (χ1n) is 5.46. The predicted molar refractivity (Wildman–Crippen MR) is 58.5 cm³/mol. The number of carbonyl (C=O) groups excluding carboxylic acids is 1. The minimum Gasteiger partial charge on any atom is -0.294 e. The molecule has 0 fully saturated rings. The lowest BCUT2D eigenvalue weighted by Gasteiger charge is -2.10. The maximum absolute atomic E-state index is 11.9. The highest BCUT2D eigenvalue weighted by molar-refractivity contribution is 5.96. The first-order valence-corrected chi connectivity index (χ1v) is 5.46. The number of ketones is 1. The van der Waals surface area contributed by atoms with Crippen LogP contribution in [0.4, 0.5) is 0 Å². The molecule has 0 saturated heterocycles. The molecule has 0 N–H and O–H groups in total. The van der Waals surface area contributed by atoms with Gasteiger partial charge in [0.1, 0.15) is 0 Å². The van der Waals surface area contributed by atoms with Crippen molar-refractivity contribution in [1.82, 2.24) is 9.78 Å². The Morgan fingerprint density at radius 2 is 2.40 bits per heavy atom. The number of Topliss-reactive ketones (excluding diaryl/α,β-unsaturated/α-hetero) is 1. The molecule has 0 amide bonds. The Hall–Kier alpha value is -1.38. The van der Waals surface area contributed by atoms with Crippen molar-refractivity contribution < 1.29 is 4.79 Å². The number of hydrogen-bond donors (Lipinski definition) is 0. The summed E-state index contributed by atoms with van der Waals surface area (Å²) in [5.41, 5.74) is 1.88. The summed E-state index contributed by atoms with van der Waals surface area (Å²) in [6.45, 7) is 0. The van der Waals surface area contributed by atoms with E-state index in [-0.39, 0.29) is 5.78 Å². The molecule has 3 heteroatoms. The molecule has 3 nitrogen and oxygen atoms in total. The smallest absolute Gasteiger partial charge is 0.164 e. The lowest BCUT2D eigenvalue weighted by Crippen LogP contribution is -2.09.